The van der Waals surface area contributed by atoms with Crippen LogP contribution in [0.15, 0.2) is 29.4 Å². The zero-order chi connectivity index (χ0) is 13.1. The van der Waals surface area contributed by atoms with E-state index in [9.17, 15) is 0 Å². The second-order valence-electron chi connectivity index (χ2n) is 4.16. The van der Waals surface area contributed by atoms with E-state index in [2.05, 4.69) is 23.9 Å². The summed E-state index contributed by atoms with van der Waals surface area (Å²) in [4.78, 5) is 5.16. The Hall–Kier alpha value is -1.20. The first-order chi connectivity index (χ1) is 8.59. The van der Waals surface area contributed by atoms with Gasteiger partial charge in [0.2, 0.25) is 0 Å². The molecule has 0 saturated heterocycles. The lowest BCUT2D eigenvalue weighted by Crippen LogP contribution is -2.07. The Morgan fingerprint density at radius 3 is 2.89 bits per heavy atom. The van der Waals surface area contributed by atoms with Crippen LogP contribution >= 0.6 is 23.4 Å². The van der Waals surface area contributed by atoms with Crippen LogP contribution in [0.4, 0.5) is 5.69 Å². The van der Waals surface area contributed by atoms with Crippen LogP contribution in [0.1, 0.15) is 25.7 Å². The maximum absolute atomic E-state index is 6.13. The van der Waals surface area contributed by atoms with E-state index in [-0.39, 0.29) is 0 Å². The number of nitrogens with zero attached hydrogens (tertiary/aromatic N) is 3. The van der Waals surface area contributed by atoms with E-state index in [1.807, 2.05) is 22.9 Å². The second-order valence-corrected chi connectivity index (χ2v) is 5.55. The van der Waals surface area contributed by atoms with E-state index in [4.69, 9.17) is 17.3 Å². The van der Waals surface area contributed by atoms with Gasteiger partial charge in [-0.25, -0.2) is 9.67 Å². The van der Waals surface area contributed by atoms with Gasteiger partial charge in [0.1, 0.15) is 12.2 Å². The largest absolute Gasteiger partial charge is 0.398 e. The highest BCUT2D eigenvalue weighted by Gasteiger charge is 2.10. The molecule has 0 fully saturated rings. The molecule has 0 saturated carbocycles. The van der Waals surface area contributed by atoms with E-state index in [0.29, 0.717) is 22.5 Å². The average Bonchev–Trinajstić information content (AvgIpc) is 2.76. The Morgan fingerprint density at radius 2 is 2.22 bits per heavy atom. The predicted octanol–water partition coefficient (Wildman–Crippen LogP) is 3.39. The molecule has 0 unspecified atom stereocenters. The summed E-state index contributed by atoms with van der Waals surface area (Å²) in [6, 6.07) is 5.83. The molecule has 0 amide bonds. The van der Waals surface area contributed by atoms with Crippen molar-refractivity contribution in [3.8, 4) is 0 Å². The Bertz CT molecular complexity index is 518. The molecule has 4 nitrogen and oxygen atoms in total. The van der Waals surface area contributed by atoms with Crippen LogP contribution in [0.25, 0.3) is 0 Å². The molecule has 96 valence electrons. The lowest BCUT2D eigenvalue weighted by molar-refractivity contribution is 0.514. The highest BCUT2D eigenvalue weighted by molar-refractivity contribution is 7.98. The highest BCUT2D eigenvalue weighted by Crippen LogP contribution is 2.34. The van der Waals surface area contributed by atoms with Gasteiger partial charge >= 0.3 is 0 Å². The van der Waals surface area contributed by atoms with Crippen molar-refractivity contribution < 1.29 is 0 Å². The fourth-order valence-electron chi connectivity index (χ4n) is 1.62. The minimum atomic E-state index is 0.298. The fraction of sp³-hybridized carbons (Fsp3) is 0.333. The van der Waals surface area contributed by atoms with Crippen LogP contribution in [0.3, 0.4) is 0 Å². The summed E-state index contributed by atoms with van der Waals surface area (Å²) in [5.74, 6) is 1.63. The Morgan fingerprint density at radius 1 is 1.44 bits per heavy atom. The summed E-state index contributed by atoms with van der Waals surface area (Å²) >= 11 is 7.71. The molecule has 1 aromatic heterocycles. The van der Waals surface area contributed by atoms with Gasteiger partial charge < -0.3 is 5.73 Å². The summed E-state index contributed by atoms with van der Waals surface area (Å²) in [6.07, 6.45) is 1.58. The van der Waals surface area contributed by atoms with Gasteiger partial charge in [-0.3, -0.25) is 0 Å². The van der Waals surface area contributed by atoms with E-state index in [0.717, 1.165) is 10.7 Å². The molecular formula is C12H15ClN4S. The third kappa shape index (κ3) is 2.79. The van der Waals surface area contributed by atoms with E-state index < -0.39 is 0 Å². The summed E-state index contributed by atoms with van der Waals surface area (Å²) in [5, 5.41) is 4.88. The van der Waals surface area contributed by atoms with Gasteiger partial charge in [-0.2, -0.15) is 5.10 Å². The van der Waals surface area contributed by atoms with E-state index >= 15 is 0 Å². The van der Waals surface area contributed by atoms with Crippen LogP contribution < -0.4 is 5.73 Å². The number of anilines is 1. The van der Waals surface area contributed by atoms with Crippen LogP contribution in [0, 0.1) is 0 Å². The normalized spacial score (nSPS) is 11.1. The predicted molar refractivity (Wildman–Crippen MR) is 75.8 cm³/mol. The molecule has 2 N–H and O–H groups in total. The van der Waals surface area contributed by atoms with Crippen molar-refractivity contribution in [2.45, 2.75) is 30.5 Å². The van der Waals surface area contributed by atoms with Gasteiger partial charge in [-0.15, -0.1) is 11.8 Å². The molecule has 0 spiro atoms. The Labute approximate surface area is 116 Å². The maximum Gasteiger partial charge on any atom is 0.138 e. The molecule has 0 aliphatic heterocycles. The van der Waals surface area contributed by atoms with Crippen molar-refractivity contribution in [1.82, 2.24) is 14.8 Å². The average molecular weight is 283 g/mol. The number of hydrogen-bond acceptors (Lipinski definition) is 4. The van der Waals surface area contributed by atoms with Gasteiger partial charge in [-0.05, 0) is 26.0 Å². The third-order valence-electron chi connectivity index (χ3n) is 2.48. The topological polar surface area (TPSA) is 56.7 Å². The molecular weight excluding hydrogens is 268 g/mol. The molecule has 2 aromatic rings. The lowest BCUT2D eigenvalue weighted by Gasteiger charge is -2.10. The summed E-state index contributed by atoms with van der Waals surface area (Å²) < 4.78 is 1.90. The van der Waals surface area contributed by atoms with Crippen molar-refractivity contribution in [3.05, 3.63) is 35.4 Å². The zero-order valence-corrected chi connectivity index (χ0v) is 11.9. The summed E-state index contributed by atoms with van der Waals surface area (Å²) in [5.41, 5.74) is 6.61. The summed E-state index contributed by atoms with van der Waals surface area (Å²) in [6.45, 7) is 4.15. The smallest absolute Gasteiger partial charge is 0.138 e. The van der Waals surface area contributed by atoms with Crippen molar-refractivity contribution >= 4 is 29.1 Å². The van der Waals surface area contributed by atoms with Gasteiger partial charge in [0.15, 0.2) is 0 Å². The van der Waals surface area contributed by atoms with Gasteiger partial charge in [-0.1, -0.05) is 17.7 Å². The number of hydrogen-bond donors (Lipinski definition) is 1. The minimum absolute atomic E-state index is 0.298. The van der Waals surface area contributed by atoms with Crippen molar-refractivity contribution in [2.24, 2.45) is 0 Å². The number of benzene rings is 1. The molecule has 1 heterocycles. The molecule has 0 atom stereocenters. The zero-order valence-electron chi connectivity index (χ0n) is 10.3. The van der Waals surface area contributed by atoms with Gasteiger partial charge in [0.05, 0.1) is 10.8 Å². The number of halogens is 1. The first-order valence-electron chi connectivity index (χ1n) is 5.64. The van der Waals surface area contributed by atoms with Gasteiger partial charge in [0.25, 0.3) is 0 Å². The van der Waals surface area contributed by atoms with Crippen LogP contribution in [-0.4, -0.2) is 14.8 Å². The monoisotopic (exact) mass is 282 g/mol. The molecule has 18 heavy (non-hydrogen) atoms. The molecule has 0 bridgehead atoms. The summed E-state index contributed by atoms with van der Waals surface area (Å²) in [7, 11) is 0. The Balaban J connectivity index is 2.14. The van der Waals surface area contributed by atoms with Crippen molar-refractivity contribution in [2.75, 3.05) is 5.73 Å². The molecule has 6 heteroatoms. The van der Waals surface area contributed by atoms with E-state index in [1.54, 1.807) is 18.1 Å². The number of aromatic nitrogens is 3. The van der Waals surface area contributed by atoms with Crippen LogP contribution in [-0.2, 0) is 5.75 Å². The quantitative estimate of drug-likeness (QED) is 0.690. The number of nitrogen functional groups attached to an aromatic ring is 1. The maximum atomic E-state index is 6.13. The fourth-order valence-corrected chi connectivity index (χ4v) is 2.89. The van der Waals surface area contributed by atoms with Crippen LogP contribution in [0.2, 0.25) is 5.02 Å². The standard InChI is InChI=1S/C12H15ClN4S/c1-8(2)17-11(15-7-16-17)6-18-12-9(13)4-3-5-10(12)14/h3-5,7-8H,6,14H2,1-2H3. The van der Waals surface area contributed by atoms with Crippen LogP contribution in [0.5, 0.6) is 0 Å². The first-order valence-corrected chi connectivity index (χ1v) is 7.01. The molecule has 0 radical (unpaired) electrons. The Kier molecular flexibility index (Phi) is 4.14. The van der Waals surface area contributed by atoms with E-state index in [1.165, 1.54) is 0 Å². The lowest BCUT2D eigenvalue weighted by atomic mass is 10.3. The highest BCUT2D eigenvalue weighted by atomic mass is 35.5. The van der Waals surface area contributed by atoms with Crippen molar-refractivity contribution in [3.63, 3.8) is 0 Å². The van der Waals surface area contributed by atoms with Gasteiger partial charge in [0, 0.05) is 16.6 Å². The molecule has 2 rings (SSSR count). The SMILES string of the molecule is CC(C)n1ncnc1CSc1c(N)cccc1Cl. The minimum Gasteiger partial charge on any atom is -0.398 e. The molecule has 0 aliphatic carbocycles. The molecule has 1 aromatic carbocycles. The first kappa shape index (κ1) is 13.2. The number of thioether (sulfide) groups is 1. The number of rotatable bonds is 4. The van der Waals surface area contributed by atoms with Crippen molar-refractivity contribution in [1.29, 1.82) is 0 Å². The second kappa shape index (κ2) is 5.63. The third-order valence-corrected chi connectivity index (χ3v) is 4.05. The molecule has 0 aliphatic rings. The number of nitrogens with two attached hydrogens (primary N) is 1.